The summed E-state index contributed by atoms with van der Waals surface area (Å²) in [6.07, 6.45) is 2.42. The van der Waals surface area contributed by atoms with Crippen LogP contribution in [0.5, 0.6) is 0 Å². The minimum absolute atomic E-state index is 0.118. The number of benzene rings is 1. The number of carboxylic acid groups (broad SMARTS) is 1. The molecule has 2 aromatic rings. The Labute approximate surface area is 151 Å². The van der Waals surface area contributed by atoms with Crippen molar-refractivity contribution in [1.82, 2.24) is 19.9 Å². The third-order valence-electron chi connectivity index (χ3n) is 4.95. The van der Waals surface area contributed by atoms with Crippen molar-refractivity contribution in [2.24, 2.45) is 0 Å². The standard InChI is InChI=1S/C18H22N4O4/c1-18(10-13-6-4-3-5-7-13)9-8-14(12-21(18)17(24)25)22-19-11-15(20-22)16(23)26-2/h3-7,11,14H,8-10,12H2,1-2H3,(H,24,25)/t14-,18-/m1/s1. The van der Waals surface area contributed by atoms with Crippen molar-refractivity contribution in [2.75, 3.05) is 13.7 Å². The van der Waals surface area contributed by atoms with E-state index in [9.17, 15) is 14.7 Å². The molecule has 0 saturated carbocycles. The van der Waals surface area contributed by atoms with Crippen molar-refractivity contribution in [2.45, 2.75) is 37.8 Å². The number of methoxy groups -OCH3 is 1. The Morgan fingerprint density at radius 3 is 2.73 bits per heavy atom. The van der Waals surface area contributed by atoms with Crippen LogP contribution in [0, 0.1) is 0 Å². The molecule has 1 aliphatic heterocycles. The Morgan fingerprint density at radius 1 is 1.35 bits per heavy atom. The van der Waals surface area contributed by atoms with E-state index in [1.54, 1.807) is 0 Å². The number of nitrogens with zero attached hydrogens (tertiary/aromatic N) is 4. The van der Waals surface area contributed by atoms with Gasteiger partial charge in [0.15, 0.2) is 5.69 Å². The number of rotatable bonds is 4. The van der Waals surface area contributed by atoms with Gasteiger partial charge in [0.1, 0.15) is 0 Å². The largest absolute Gasteiger partial charge is 0.465 e. The normalized spacial score (nSPS) is 22.8. The monoisotopic (exact) mass is 358 g/mol. The van der Waals surface area contributed by atoms with E-state index in [1.807, 2.05) is 37.3 Å². The fourth-order valence-corrected chi connectivity index (χ4v) is 3.50. The van der Waals surface area contributed by atoms with E-state index in [-0.39, 0.29) is 18.3 Å². The number of hydrogen-bond acceptors (Lipinski definition) is 5. The van der Waals surface area contributed by atoms with Crippen LogP contribution in [0.15, 0.2) is 36.5 Å². The highest BCUT2D eigenvalue weighted by Gasteiger charge is 2.42. The van der Waals surface area contributed by atoms with Gasteiger partial charge < -0.3 is 14.7 Å². The van der Waals surface area contributed by atoms with Crippen molar-refractivity contribution in [3.05, 3.63) is 47.8 Å². The van der Waals surface area contributed by atoms with Gasteiger partial charge in [0.2, 0.25) is 0 Å². The van der Waals surface area contributed by atoms with Gasteiger partial charge in [0, 0.05) is 12.1 Å². The molecular formula is C18H22N4O4. The second kappa shape index (κ2) is 7.15. The van der Waals surface area contributed by atoms with Gasteiger partial charge in [-0.25, -0.2) is 9.59 Å². The van der Waals surface area contributed by atoms with Crippen LogP contribution in [0.3, 0.4) is 0 Å². The second-order valence-electron chi connectivity index (χ2n) is 6.79. The maximum Gasteiger partial charge on any atom is 0.407 e. The first-order valence-corrected chi connectivity index (χ1v) is 8.47. The Balaban J connectivity index is 1.78. The van der Waals surface area contributed by atoms with Gasteiger partial charge in [0.25, 0.3) is 0 Å². The predicted octanol–water partition coefficient (Wildman–Crippen LogP) is 2.38. The highest BCUT2D eigenvalue weighted by Crippen LogP contribution is 2.35. The summed E-state index contributed by atoms with van der Waals surface area (Å²) in [5.74, 6) is -0.559. The van der Waals surface area contributed by atoms with Crippen LogP contribution in [0.2, 0.25) is 0 Å². The second-order valence-corrected chi connectivity index (χ2v) is 6.79. The van der Waals surface area contributed by atoms with Gasteiger partial charge >= 0.3 is 12.1 Å². The molecule has 1 aromatic heterocycles. The van der Waals surface area contributed by atoms with Crippen molar-refractivity contribution in [3.8, 4) is 0 Å². The number of carbonyl (C=O) groups excluding carboxylic acids is 1. The lowest BCUT2D eigenvalue weighted by Gasteiger charge is -2.45. The molecule has 0 unspecified atom stereocenters. The Hall–Kier alpha value is -2.90. The first kappa shape index (κ1) is 17.9. The Bertz CT molecular complexity index is 791. The summed E-state index contributed by atoms with van der Waals surface area (Å²) in [5.41, 5.74) is 0.721. The van der Waals surface area contributed by atoms with E-state index in [2.05, 4.69) is 14.9 Å². The maximum absolute atomic E-state index is 11.9. The van der Waals surface area contributed by atoms with E-state index < -0.39 is 17.6 Å². The molecule has 1 amide bonds. The third kappa shape index (κ3) is 3.54. The van der Waals surface area contributed by atoms with Crippen molar-refractivity contribution in [1.29, 1.82) is 0 Å². The quantitative estimate of drug-likeness (QED) is 0.843. The van der Waals surface area contributed by atoms with Crippen molar-refractivity contribution in [3.63, 3.8) is 0 Å². The lowest BCUT2D eigenvalue weighted by Crippen LogP contribution is -2.56. The van der Waals surface area contributed by atoms with E-state index >= 15 is 0 Å². The molecule has 0 radical (unpaired) electrons. The minimum atomic E-state index is -0.964. The Kier molecular flexibility index (Phi) is 4.92. The van der Waals surface area contributed by atoms with Gasteiger partial charge in [-0.05, 0) is 31.7 Å². The smallest absolute Gasteiger partial charge is 0.407 e. The van der Waals surface area contributed by atoms with E-state index in [4.69, 9.17) is 0 Å². The van der Waals surface area contributed by atoms with E-state index in [0.29, 0.717) is 12.8 Å². The van der Waals surface area contributed by atoms with E-state index in [0.717, 1.165) is 12.0 Å². The van der Waals surface area contributed by atoms with Gasteiger partial charge in [-0.1, -0.05) is 30.3 Å². The first-order valence-electron chi connectivity index (χ1n) is 8.47. The van der Waals surface area contributed by atoms with Crippen LogP contribution in [0.1, 0.15) is 41.9 Å². The maximum atomic E-state index is 11.9. The molecule has 0 aliphatic carbocycles. The molecule has 1 saturated heterocycles. The zero-order valence-corrected chi connectivity index (χ0v) is 14.8. The third-order valence-corrected chi connectivity index (χ3v) is 4.95. The van der Waals surface area contributed by atoms with Crippen LogP contribution in [0.25, 0.3) is 0 Å². The summed E-state index contributed by atoms with van der Waals surface area (Å²) in [7, 11) is 1.28. The fourth-order valence-electron chi connectivity index (χ4n) is 3.50. The molecule has 138 valence electrons. The molecule has 0 bridgehead atoms. The molecule has 2 atom stereocenters. The summed E-state index contributed by atoms with van der Waals surface area (Å²) in [6, 6.07) is 9.66. The molecule has 1 aromatic carbocycles. The lowest BCUT2D eigenvalue weighted by molar-refractivity contribution is 0.0330. The number of aromatic nitrogens is 3. The molecule has 26 heavy (non-hydrogen) atoms. The van der Waals surface area contributed by atoms with Gasteiger partial charge in [-0.2, -0.15) is 9.90 Å². The van der Waals surface area contributed by atoms with Crippen LogP contribution >= 0.6 is 0 Å². The molecule has 8 heteroatoms. The fraction of sp³-hybridized carbons (Fsp3) is 0.444. The predicted molar refractivity (Wildman–Crippen MR) is 92.9 cm³/mol. The molecule has 1 fully saturated rings. The number of likely N-dealkylation sites (tertiary alicyclic amines) is 1. The molecule has 3 rings (SSSR count). The van der Waals surface area contributed by atoms with Crippen LogP contribution < -0.4 is 0 Å². The van der Waals surface area contributed by atoms with Gasteiger partial charge in [0.05, 0.1) is 19.3 Å². The molecule has 0 spiro atoms. The Morgan fingerprint density at radius 2 is 2.08 bits per heavy atom. The number of ether oxygens (including phenoxy) is 1. The number of esters is 1. The van der Waals surface area contributed by atoms with Crippen molar-refractivity contribution < 1.29 is 19.4 Å². The molecular weight excluding hydrogens is 336 g/mol. The topological polar surface area (TPSA) is 97.6 Å². The highest BCUT2D eigenvalue weighted by atomic mass is 16.5. The summed E-state index contributed by atoms with van der Waals surface area (Å²) >= 11 is 0. The SMILES string of the molecule is COC(=O)c1cnn([C@@H]2CC[C@](C)(Cc3ccccc3)N(C(=O)O)C2)n1. The van der Waals surface area contributed by atoms with Crippen molar-refractivity contribution >= 4 is 12.1 Å². The molecule has 2 heterocycles. The van der Waals surface area contributed by atoms with Crippen LogP contribution in [-0.2, 0) is 11.2 Å². The van der Waals surface area contributed by atoms with E-state index in [1.165, 1.54) is 23.0 Å². The highest BCUT2D eigenvalue weighted by molar-refractivity contribution is 5.86. The molecule has 1 aliphatic rings. The number of amides is 1. The van der Waals surface area contributed by atoms with Crippen LogP contribution in [0.4, 0.5) is 4.79 Å². The van der Waals surface area contributed by atoms with Gasteiger partial charge in [-0.15, -0.1) is 5.10 Å². The van der Waals surface area contributed by atoms with Gasteiger partial charge in [-0.3, -0.25) is 0 Å². The first-order chi connectivity index (χ1) is 12.4. The summed E-state index contributed by atoms with van der Waals surface area (Å²) in [6.45, 7) is 2.24. The summed E-state index contributed by atoms with van der Waals surface area (Å²) < 4.78 is 4.64. The number of hydrogen-bond donors (Lipinski definition) is 1. The summed E-state index contributed by atoms with van der Waals surface area (Å²) in [5, 5.41) is 18.0. The summed E-state index contributed by atoms with van der Waals surface area (Å²) in [4.78, 5) is 26.3. The number of piperidine rings is 1. The average molecular weight is 358 g/mol. The molecule has 1 N–H and O–H groups in total. The van der Waals surface area contributed by atoms with Crippen LogP contribution in [-0.4, -0.2) is 56.3 Å². The zero-order valence-electron chi connectivity index (χ0n) is 14.8. The average Bonchev–Trinajstić information content (AvgIpc) is 3.12. The minimum Gasteiger partial charge on any atom is -0.465 e. The number of carbonyl (C=O) groups is 2. The lowest BCUT2D eigenvalue weighted by atomic mass is 9.82. The molecule has 8 nitrogen and oxygen atoms in total. The zero-order chi connectivity index (χ0) is 18.7.